The molecule has 1 aliphatic rings. The van der Waals surface area contributed by atoms with Crippen LogP contribution >= 0.6 is 0 Å². The summed E-state index contributed by atoms with van der Waals surface area (Å²) < 4.78 is 12.8. The van der Waals surface area contributed by atoms with Gasteiger partial charge < -0.3 is 0 Å². The Kier molecular flexibility index (Phi) is 2.95. The van der Waals surface area contributed by atoms with Crippen molar-refractivity contribution in [1.82, 2.24) is 5.01 Å². The van der Waals surface area contributed by atoms with Crippen LogP contribution in [0.15, 0.2) is 48.5 Å². The molecule has 0 unspecified atom stereocenters. The first-order chi connectivity index (χ1) is 9.65. The van der Waals surface area contributed by atoms with E-state index in [2.05, 4.69) is 5.43 Å². The molecule has 0 bridgehead atoms. The van der Waals surface area contributed by atoms with Gasteiger partial charge in [0.05, 0.1) is 12.1 Å². The molecule has 3 rings (SSSR count). The fourth-order valence-corrected chi connectivity index (χ4v) is 2.13. The lowest BCUT2D eigenvalue weighted by Gasteiger charge is -2.27. The van der Waals surface area contributed by atoms with Crippen LogP contribution in [-0.2, 0) is 11.2 Å². The zero-order valence-corrected chi connectivity index (χ0v) is 10.5. The predicted molar refractivity (Wildman–Crippen MR) is 71.3 cm³/mol. The number of amides is 2. The predicted octanol–water partition coefficient (Wildman–Crippen LogP) is 2.38. The highest BCUT2D eigenvalue weighted by Crippen LogP contribution is 2.20. The first kappa shape index (κ1) is 12.3. The van der Waals surface area contributed by atoms with E-state index in [1.807, 2.05) is 0 Å². The molecule has 2 aromatic rings. The van der Waals surface area contributed by atoms with Crippen molar-refractivity contribution in [2.24, 2.45) is 0 Å². The van der Waals surface area contributed by atoms with E-state index in [0.717, 1.165) is 10.6 Å². The largest absolute Gasteiger partial charge is 0.289 e. The molecule has 0 fully saturated rings. The Labute approximate surface area is 114 Å². The van der Waals surface area contributed by atoms with Gasteiger partial charge in [-0.1, -0.05) is 18.2 Å². The number of anilines is 1. The fraction of sp³-hybridized carbons (Fsp3) is 0.0667. The number of imide groups is 1. The monoisotopic (exact) mass is 270 g/mol. The standard InChI is InChI=1S/C15H11FN2O2/c16-11-5-7-12(8-6-11)17-18-14(19)9-10-3-1-2-4-13(10)15(18)20/h1-8,17H,9H2. The smallest absolute Gasteiger partial charge is 0.279 e. The Morgan fingerprint density at radius 3 is 2.45 bits per heavy atom. The van der Waals surface area contributed by atoms with E-state index < -0.39 is 5.91 Å². The summed E-state index contributed by atoms with van der Waals surface area (Å²) in [6, 6.07) is 12.5. The van der Waals surface area contributed by atoms with Crippen molar-refractivity contribution in [3.05, 3.63) is 65.5 Å². The van der Waals surface area contributed by atoms with Gasteiger partial charge in [0.15, 0.2) is 0 Å². The van der Waals surface area contributed by atoms with E-state index in [9.17, 15) is 14.0 Å². The third-order valence-electron chi connectivity index (χ3n) is 3.13. The first-order valence-corrected chi connectivity index (χ1v) is 6.12. The molecular formula is C15H11FN2O2. The van der Waals surface area contributed by atoms with Crippen LogP contribution in [0.5, 0.6) is 0 Å². The number of rotatable bonds is 2. The van der Waals surface area contributed by atoms with Crippen molar-refractivity contribution in [3.8, 4) is 0 Å². The quantitative estimate of drug-likeness (QED) is 0.852. The summed E-state index contributed by atoms with van der Waals surface area (Å²) in [5, 5.41) is 0.968. The number of carbonyl (C=O) groups is 2. The maximum absolute atomic E-state index is 12.8. The Morgan fingerprint density at radius 2 is 1.70 bits per heavy atom. The summed E-state index contributed by atoms with van der Waals surface area (Å²) in [5.41, 5.74) is 4.42. The Hall–Kier alpha value is -2.69. The van der Waals surface area contributed by atoms with Crippen molar-refractivity contribution in [2.45, 2.75) is 6.42 Å². The number of carbonyl (C=O) groups excluding carboxylic acids is 2. The van der Waals surface area contributed by atoms with Crippen LogP contribution in [0.1, 0.15) is 15.9 Å². The van der Waals surface area contributed by atoms with Crippen LogP contribution in [0.4, 0.5) is 10.1 Å². The van der Waals surface area contributed by atoms with Crippen molar-refractivity contribution in [2.75, 3.05) is 5.43 Å². The van der Waals surface area contributed by atoms with E-state index in [-0.39, 0.29) is 18.1 Å². The number of halogens is 1. The van der Waals surface area contributed by atoms with Crippen LogP contribution in [0.2, 0.25) is 0 Å². The fourth-order valence-electron chi connectivity index (χ4n) is 2.13. The molecule has 0 aromatic heterocycles. The van der Waals surface area contributed by atoms with Gasteiger partial charge in [-0.2, -0.15) is 5.01 Å². The molecule has 0 atom stereocenters. The minimum absolute atomic E-state index is 0.163. The first-order valence-electron chi connectivity index (χ1n) is 6.12. The van der Waals surface area contributed by atoms with Crippen molar-refractivity contribution in [1.29, 1.82) is 0 Å². The summed E-state index contributed by atoms with van der Waals surface area (Å²) in [7, 11) is 0. The van der Waals surface area contributed by atoms with Gasteiger partial charge in [-0.15, -0.1) is 0 Å². The number of nitrogens with one attached hydrogen (secondary N) is 1. The minimum atomic E-state index is -0.402. The molecular weight excluding hydrogens is 259 g/mol. The molecule has 0 spiro atoms. The third kappa shape index (κ3) is 2.14. The summed E-state index contributed by atoms with van der Waals surface area (Å²) in [4.78, 5) is 24.3. The topological polar surface area (TPSA) is 49.4 Å². The molecule has 4 nitrogen and oxygen atoms in total. The number of benzene rings is 2. The molecule has 2 amide bonds. The van der Waals surface area contributed by atoms with Crippen LogP contribution in [0.3, 0.4) is 0 Å². The van der Waals surface area contributed by atoms with Gasteiger partial charge in [0, 0.05) is 5.56 Å². The van der Waals surface area contributed by atoms with Gasteiger partial charge in [-0.25, -0.2) is 4.39 Å². The zero-order chi connectivity index (χ0) is 14.1. The molecule has 1 heterocycles. The van der Waals surface area contributed by atoms with Gasteiger partial charge >= 0.3 is 0 Å². The van der Waals surface area contributed by atoms with Gasteiger partial charge in [-0.3, -0.25) is 15.0 Å². The maximum atomic E-state index is 12.8. The normalized spacial score (nSPS) is 14.2. The van der Waals surface area contributed by atoms with Gasteiger partial charge in [0.1, 0.15) is 5.82 Å². The zero-order valence-electron chi connectivity index (χ0n) is 10.5. The van der Waals surface area contributed by atoms with Crippen LogP contribution in [0.25, 0.3) is 0 Å². The van der Waals surface area contributed by atoms with Gasteiger partial charge in [-0.05, 0) is 35.9 Å². The van der Waals surface area contributed by atoms with E-state index in [0.29, 0.717) is 11.3 Å². The SMILES string of the molecule is O=C1Cc2ccccc2C(=O)N1Nc1ccc(F)cc1. The van der Waals surface area contributed by atoms with E-state index >= 15 is 0 Å². The molecule has 1 N–H and O–H groups in total. The maximum Gasteiger partial charge on any atom is 0.279 e. The molecule has 0 saturated heterocycles. The molecule has 2 aromatic carbocycles. The van der Waals surface area contributed by atoms with E-state index in [1.165, 1.54) is 24.3 Å². The number of nitrogens with zero attached hydrogens (tertiary/aromatic N) is 1. The summed E-state index contributed by atoms with van der Waals surface area (Å²) in [5.74, 6) is -1.11. The van der Waals surface area contributed by atoms with Gasteiger partial charge in [0.2, 0.25) is 0 Å². The summed E-state index contributed by atoms with van der Waals surface area (Å²) in [6.07, 6.45) is 0.163. The second-order valence-corrected chi connectivity index (χ2v) is 4.49. The molecule has 0 saturated carbocycles. The Balaban J connectivity index is 1.89. The van der Waals surface area contributed by atoms with Gasteiger partial charge in [0.25, 0.3) is 11.8 Å². The number of fused-ring (bicyclic) bond motifs is 1. The van der Waals surface area contributed by atoms with Crippen molar-refractivity contribution < 1.29 is 14.0 Å². The number of hydrogen-bond acceptors (Lipinski definition) is 3. The highest BCUT2D eigenvalue weighted by molar-refractivity contribution is 6.10. The van der Waals surface area contributed by atoms with Crippen LogP contribution < -0.4 is 5.43 Å². The summed E-state index contributed by atoms with van der Waals surface area (Å²) in [6.45, 7) is 0. The molecule has 0 radical (unpaired) electrons. The average molecular weight is 270 g/mol. The Bertz CT molecular complexity index is 683. The molecule has 0 aliphatic carbocycles. The lowest BCUT2D eigenvalue weighted by molar-refractivity contribution is -0.127. The second-order valence-electron chi connectivity index (χ2n) is 4.49. The highest BCUT2D eigenvalue weighted by atomic mass is 19.1. The lowest BCUT2D eigenvalue weighted by Crippen LogP contribution is -2.45. The molecule has 1 aliphatic heterocycles. The van der Waals surface area contributed by atoms with Crippen molar-refractivity contribution >= 4 is 17.5 Å². The van der Waals surface area contributed by atoms with E-state index in [4.69, 9.17) is 0 Å². The van der Waals surface area contributed by atoms with Crippen LogP contribution in [-0.4, -0.2) is 16.8 Å². The van der Waals surface area contributed by atoms with Crippen LogP contribution in [0, 0.1) is 5.82 Å². The third-order valence-corrected chi connectivity index (χ3v) is 3.13. The van der Waals surface area contributed by atoms with E-state index in [1.54, 1.807) is 24.3 Å². The lowest BCUT2D eigenvalue weighted by atomic mass is 10.00. The summed E-state index contributed by atoms with van der Waals surface area (Å²) >= 11 is 0. The Morgan fingerprint density at radius 1 is 1.00 bits per heavy atom. The van der Waals surface area contributed by atoms with Crippen molar-refractivity contribution in [3.63, 3.8) is 0 Å². The number of hydrogen-bond donors (Lipinski definition) is 1. The molecule has 20 heavy (non-hydrogen) atoms. The number of hydrazine groups is 1. The second kappa shape index (κ2) is 4.77. The highest BCUT2D eigenvalue weighted by Gasteiger charge is 2.30. The minimum Gasteiger partial charge on any atom is -0.289 e. The molecule has 100 valence electrons. The average Bonchev–Trinajstić information content (AvgIpc) is 2.45. The molecule has 5 heteroatoms.